The highest BCUT2D eigenvalue weighted by Gasteiger charge is 2.46. The van der Waals surface area contributed by atoms with Gasteiger partial charge in [-0.3, -0.25) is 4.90 Å². The summed E-state index contributed by atoms with van der Waals surface area (Å²) in [7, 11) is 0. The minimum absolute atomic E-state index is 0.643. The number of fused-ring (bicyclic) bond motifs is 5. The third-order valence-corrected chi connectivity index (χ3v) is 14.1. The maximum absolute atomic E-state index is 5.60. The number of pyridine rings is 1. The molecule has 0 unspecified atom stereocenters. The Kier molecular flexibility index (Phi) is 9.73. The van der Waals surface area contributed by atoms with Gasteiger partial charge in [0.05, 0.1) is 33.5 Å². The molecule has 10 aromatic carbocycles. The van der Waals surface area contributed by atoms with Crippen LogP contribution in [0.25, 0.3) is 72.1 Å². The van der Waals surface area contributed by atoms with Crippen molar-refractivity contribution >= 4 is 39.0 Å². The molecule has 13 rings (SSSR count). The number of aromatic nitrogens is 2. The Morgan fingerprint density at radius 3 is 1.48 bits per heavy atom. The largest absolute Gasteiger partial charge is 0.309 e. The molecule has 1 aliphatic rings. The van der Waals surface area contributed by atoms with Crippen LogP contribution in [0.5, 0.6) is 0 Å². The Balaban J connectivity index is 1.05. The quantitative estimate of drug-likeness (QED) is 0.152. The van der Waals surface area contributed by atoms with Crippen molar-refractivity contribution in [2.24, 2.45) is 0 Å². The Hall–Kier alpha value is -9.05. The van der Waals surface area contributed by atoms with Gasteiger partial charge < -0.3 is 4.57 Å². The average molecular weight is 880 g/mol. The lowest BCUT2D eigenvalue weighted by molar-refractivity contribution is 0.730. The van der Waals surface area contributed by atoms with Gasteiger partial charge in [0.1, 0.15) is 5.82 Å². The maximum atomic E-state index is 5.60. The zero-order chi connectivity index (χ0) is 45.7. The Labute approximate surface area is 402 Å². The lowest BCUT2D eigenvalue weighted by Gasteiger charge is -2.46. The van der Waals surface area contributed by atoms with E-state index in [2.05, 4.69) is 282 Å². The van der Waals surface area contributed by atoms with E-state index >= 15 is 0 Å². The summed E-state index contributed by atoms with van der Waals surface area (Å²) in [5, 5.41) is 2.43. The van der Waals surface area contributed by atoms with Crippen molar-refractivity contribution in [1.82, 2.24) is 9.55 Å². The molecule has 0 bridgehead atoms. The van der Waals surface area contributed by atoms with Crippen LogP contribution in [0.15, 0.2) is 273 Å². The number of nitrogens with zero attached hydrogens (tertiary/aromatic N) is 3. The fourth-order valence-electron chi connectivity index (χ4n) is 10.9. The van der Waals surface area contributed by atoms with Gasteiger partial charge in [-0.15, -0.1) is 0 Å². The molecule has 324 valence electrons. The van der Waals surface area contributed by atoms with Crippen molar-refractivity contribution in [3.8, 4) is 50.3 Å². The molecule has 0 spiro atoms. The van der Waals surface area contributed by atoms with Crippen LogP contribution in [-0.2, 0) is 5.41 Å². The number of para-hydroxylation sites is 2. The summed E-state index contributed by atoms with van der Waals surface area (Å²) < 4.78 is 2.40. The van der Waals surface area contributed by atoms with Crippen molar-refractivity contribution < 1.29 is 0 Å². The summed E-state index contributed by atoms with van der Waals surface area (Å²) in [6.07, 6.45) is 0. The predicted molar refractivity (Wildman–Crippen MR) is 287 cm³/mol. The molecular formula is C66H45N3. The van der Waals surface area contributed by atoms with E-state index in [1.54, 1.807) is 0 Å². The zero-order valence-electron chi connectivity index (χ0n) is 37.8. The molecule has 1 aliphatic heterocycles. The van der Waals surface area contributed by atoms with Gasteiger partial charge in [0.25, 0.3) is 0 Å². The van der Waals surface area contributed by atoms with Gasteiger partial charge in [0, 0.05) is 22.0 Å². The lowest BCUT2D eigenvalue weighted by atomic mass is 9.62. The normalized spacial score (nSPS) is 12.7. The molecule has 0 saturated carbocycles. The van der Waals surface area contributed by atoms with E-state index < -0.39 is 5.41 Å². The first-order valence-electron chi connectivity index (χ1n) is 23.7. The van der Waals surface area contributed by atoms with Crippen LogP contribution in [0.3, 0.4) is 0 Å². The molecule has 3 nitrogen and oxygen atoms in total. The van der Waals surface area contributed by atoms with E-state index in [-0.39, 0.29) is 0 Å². The molecule has 0 atom stereocenters. The van der Waals surface area contributed by atoms with Crippen LogP contribution >= 0.6 is 0 Å². The number of rotatable bonds is 8. The van der Waals surface area contributed by atoms with Crippen LogP contribution < -0.4 is 4.90 Å². The zero-order valence-corrected chi connectivity index (χ0v) is 37.8. The minimum Gasteiger partial charge on any atom is -0.309 e. The van der Waals surface area contributed by atoms with Gasteiger partial charge in [0.2, 0.25) is 0 Å². The molecule has 69 heavy (non-hydrogen) atoms. The van der Waals surface area contributed by atoms with Gasteiger partial charge in [-0.2, -0.15) is 0 Å². The summed E-state index contributed by atoms with van der Waals surface area (Å²) in [5.41, 5.74) is 18.7. The highest BCUT2D eigenvalue weighted by Crippen LogP contribution is 2.58. The second kappa shape index (κ2) is 16.7. The Bertz CT molecular complexity index is 3710. The highest BCUT2D eigenvalue weighted by molar-refractivity contribution is 6.10. The van der Waals surface area contributed by atoms with Gasteiger partial charge in [-0.25, -0.2) is 4.98 Å². The SMILES string of the molecule is c1ccc(-c2ccc(-n3c4ccccc4c4cc(-c5ccc6c(c5)N(c5cc(-c7ccccc7)cc(-c7ccccc7)n5)c5ccccc5C6(c5ccccc5)c5ccccc5)ccc43)cc2)cc1. The molecule has 12 aromatic rings. The van der Waals surface area contributed by atoms with E-state index in [0.29, 0.717) is 0 Å². The molecule has 2 aromatic heterocycles. The van der Waals surface area contributed by atoms with E-state index in [4.69, 9.17) is 4.98 Å². The Morgan fingerprint density at radius 1 is 0.304 bits per heavy atom. The fourth-order valence-corrected chi connectivity index (χ4v) is 10.9. The van der Waals surface area contributed by atoms with Gasteiger partial charge in [-0.1, -0.05) is 218 Å². The fraction of sp³-hybridized carbons (Fsp3) is 0.0152. The first-order valence-corrected chi connectivity index (χ1v) is 23.7. The van der Waals surface area contributed by atoms with Crippen molar-refractivity contribution in [1.29, 1.82) is 0 Å². The van der Waals surface area contributed by atoms with Crippen LogP contribution in [-0.4, -0.2) is 9.55 Å². The summed E-state index contributed by atoms with van der Waals surface area (Å²) in [4.78, 5) is 8.02. The molecule has 0 N–H and O–H groups in total. The highest BCUT2D eigenvalue weighted by atomic mass is 15.2. The smallest absolute Gasteiger partial charge is 0.138 e. The van der Waals surface area contributed by atoms with Crippen LogP contribution in [0.1, 0.15) is 22.3 Å². The first kappa shape index (κ1) is 40.2. The standard InChI is InChI=1S/C66H45N3/c1-6-20-46(21-7-1)48-34-38-55(39-35-48)68-61-32-18-16-30-56(61)57-42-50(37-41-62(57)68)51-36-40-59-64(44-51)69(65-45-52(47-22-8-2-9-23-47)43-60(67-65)49-24-10-3-11-25-49)63-33-19-17-31-58(63)66(59,53-26-12-4-13-27-53)54-28-14-5-15-29-54/h1-45H. The first-order chi connectivity index (χ1) is 34.2. The molecule has 3 heteroatoms. The van der Waals surface area contributed by atoms with Crippen molar-refractivity contribution in [2.45, 2.75) is 5.41 Å². The number of anilines is 3. The monoisotopic (exact) mass is 879 g/mol. The molecule has 0 aliphatic carbocycles. The molecule has 0 saturated heterocycles. The second-order valence-corrected chi connectivity index (χ2v) is 17.9. The third kappa shape index (κ3) is 6.70. The molecular weight excluding hydrogens is 835 g/mol. The molecule has 0 fully saturated rings. The van der Waals surface area contributed by atoms with E-state index in [1.807, 2.05) is 0 Å². The topological polar surface area (TPSA) is 21.1 Å². The van der Waals surface area contributed by atoms with Crippen LogP contribution in [0, 0.1) is 0 Å². The summed E-state index contributed by atoms with van der Waals surface area (Å²) in [6.45, 7) is 0. The summed E-state index contributed by atoms with van der Waals surface area (Å²) in [5.74, 6) is 0.854. The van der Waals surface area contributed by atoms with Gasteiger partial charge >= 0.3 is 0 Å². The number of benzene rings is 10. The van der Waals surface area contributed by atoms with Crippen LogP contribution in [0.2, 0.25) is 0 Å². The van der Waals surface area contributed by atoms with Crippen molar-refractivity contribution in [2.75, 3.05) is 4.90 Å². The number of hydrogen-bond acceptors (Lipinski definition) is 2. The maximum Gasteiger partial charge on any atom is 0.138 e. The third-order valence-electron chi connectivity index (χ3n) is 14.1. The Morgan fingerprint density at radius 2 is 0.797 bits per heavy atom. The van der Waals surface area contributed by atoms with Crippen molar-refractivity contribution in [3.63, 3.8) is 0 Å². The van der Waals surface area contributed by atoms with Gasteiger partial charge in [-0.05, 0) is 110 Å². The molecule has 0 amide bonds. The molecule has 0 radical (unpaired) electrons. The van der Waals surface area contributed by atoms with E-state index in [0.717, 1.165) is 56.4 Å². The predicted octanol–water partition coefficient (Wildman–Crippen LogP) is 17.0. The molecule has 3 heterocycles. The van der Waals surface area contributed by atoms with E-state index in [1.165, 1.54) is 55.2 Å². The average Bonchev–Trinajstić information content (AvgIpc) is 3.77. The number of hydrogen-bond donors (Lipinski definition) is 0. The minimum atomic E-state index is -0.643. The second-order valence-electron chi connectivity index (χ2n) is 17.9. The lowest BCUT2D eigenvalue weighted by Crippen LogP contribution is -2.38. The van der Waals surface area contributed by atoms with Crippen LogP contribution in [0.4, 0.5) is 17.2 Å². The van der Waals surface area contributed by atoms with E-state index in [9.17, 15) is 0 Å². The summed E-state index contributed by atoms with van der Waals surface area (Å²) in [6, 6.07) is 99.2. The van der Waals surface area contributed by atoms with Gasteiger partial charge in [0.15, 0.2) is 0 Å². The summed E-state index contributed by atoms with van der Waals surface area (Å²) >= 11 is 0. The van der Waals surface area contributed by atoms with Crippen molar-refractivity contribution in [3.05, 3.63) is 295 Å².